The van der Waals surface area contributed by atoms with Crippen molar-refractivity contribution in [1.29, 1.82) is 0 Å². The Morgan fingerprint density at radius 2 is 2.35 bits per heavy atom. The van der Waals surface area contributed by atoms with Crippen molar-refractivity contribution < 1.29 is 9.32 Å². The predicted octanol–water partition coefficient (Wildman–Crippen LogP) is 0.131. The van der Waals surface area contributed by atoms with E-state index in [0.29, 0.717) is 37.3 Å². The van der Waals surface area contributed by atoms with E-state index in [2.05, 4.69) is 15.5 Å². The van der Waals surface area contributed by atoms with Crippen LogP contribution in [0.4, 0.5) is 0 Å². The van der Waals surface area contributed by atoms with E-state index < -0.39 is 0 Å². The molecule has 0 aliphatic heterocycles. The van der Waals surface area contributed by atoms with E-state index in [-0.39, 0.29) is 5.91 Å². The Labute approximate surface area is 100 Å². The topological polar surface area (TPSA) is 71.3 Å². The molecule has 0 aromatic carbocycles. The van der Waals surface area contributed by atoms with Crippen LogP contribution in [-0.2, 0) is 11.2 Å². The fourth-order valence-corrected chi connectivity index (χ4v) is 1.62. The molecule has 1 fully saturated rings. The summed E-state index contributed by atoms with van der Waals surface area (Å²) in [6.45, 7) is 2.83. The van der Waals surface area contributed by atoms with Gasteiger partial charge in [0.2, 0.25) is 11.8 Å². The van der Waals surface area contributed by atoms with Crippen LogP contribution < -0.4 is 5.32 Å². The van der Waals surface area contributed by atoms with E-state index in [1.54, 1.807) is 6.92 Å². The molecule has 1 aliphatic rings. The Morgan fingerprint density at radius 3 is 2.94 bits per heavy atom. The van der Waals surface area contributed by atoms with Crippen LogP contribution in [0.1, 0.15) is 24.6 Å². The summed E-state index contributed by atoms with van der Waals surface area (Å²) in [5.74, 6) is 1.40. The van der Waals surface area contributed by atoms with Crippen LogP contribution in [0.25, 0.3) is 0 Å². The molecule has 6 heteroatoms. The molecule has 0 atom stereocenters. The smallest absolute Gasteiger partial charge is 0.236 e. The maximum Gasteiger partial charge on any atom is 0.236 e. The number of rotatable bonds is 6. The van der Waals surface area contributed by atoms with Crippen molar-refractivity contribution in [2.75, 3.05) is 20.1 Å². The molecule has 1 aromatic rings. The second-order valence-electron chi connectivity index (χ2n) is 4.40. The molecule has 0 spiro atoms. The molecule has 17 heavy (non-hydrogen) atoms. The highest BCUT2D eigenvalue weighted by atomic mass is 16.5. The lowest BCUT2D eigenvalue weighted by atomic mass is 10.4. The van der Waals surface area contributed by atoms with Crippen LogP contribution >= 0.6 is 0 Å². The number of carbonyl (C=O) groups excluding carboxylic acids is 1. The minimum Gasteiger partial charge on any atom is -0.342 e. The van der Waals surface area contributed by atoms with E-state index in [1.807, 2.05) is 11.9 Å². The highest BCUT2D eigenvalue weighted by Gasteiger charge is 2.28. The van der Waals surface area contributed by atoms with Crippen LogP contribution in [-0.4, -0.2) is 47.1 Å². The first-order valence-electron chi connectivity index (χ1n) is 5.92. The van der Waals surface area contributed by atoms with Gasteiger partial charge in [-0.2, -0.15) is 4.98 Å². The molecule has 0 saturated heterocycles. The van der Waals surface area contributed by atoms with Crippen molar-refractivity contribution in [1.82, 2.24) is 20.4 Å². The first-order chi connectivity index (χ1) is 8.16. The van der Waals surface area contributed by atoms with Crippen molar-refractivity contribution in [2.24, 2.45) is 0 Å². The summed E-state index contributed by atoms with van der Waals surface area (Å²) in [5.41, 5.74) is 0. The largest absolute Gasteiger partial charge is 0.342 e. The number of carbonyl (C=O) groups is 1. The second kappa shape index (κ2) is 5.27. The summed E-state index contributed by atoms with van der Waals surface area (Å²) in [4.78, 5) is 17.6. The molecule has 6 nitrogen and oxygen atoms in total. The van der Waals surface area contributed by atoms with Crippen LogP contribution in [0.2, 0.25) is 0 Å². The van der Waals surface area contributed by atoms with Gasteiger partial charge in [0.15, 0.2) is 5.82 Å². The van der Waals surface area contributed by atoms with Crippen molar-refractivity contribution in [3.63, 3.8) is 0 Å². The highest BCUT2D eigenvalue weighted by molar-refractivity contribution is 5.78. The molecule has 0 radical (unpaired) electrons. The number of amides is 1. The fraction of sp³-hybridized carbons (Fsp3) is 0.727. The van der Waals surface area contributed by atoms with Crippen molar-refractivity contribution in [3.05, 3.63) is 11.7 Å². The first-order valence-corrected chi connectivity index (χ1v) is 5.92. The molecular formula is C11H18N4O2. The third-order valence-electron chi connectivity index (χ3n) is 2.85. The molecule has 1 saturated carbocycles. The molecule has 1 aromatic heterocycles. The minimum atomic E-state index is 0.147. The summed E-state index contributed by atoms with van der Waals surface area (Å²) in [6, 6.07) is 0.475. The van der Waals surface area contributed by atoms with Gasteiger partial charge in [0.1, 0.15) is 0 Å². The maximum atomic E-state index is 11.7. The van der Waals surface area contributed by atoms with Crippen LogP contribution in [0, 0.1) is 6.92 Å². The van der Waals surface area contributed by atoms with Gasteiger partial charge in [0.05, 0.1) is 6.54 Å². The summed E-state index contributed by atoms with van der Waals surface area (Å²) in [5, 5.41) is 6.79. The van der Waals surface area contributed by atoms with Crippen LogP contribution in [0.5, 0.6) is 0 Å². The van der Waals surface area contributed by atoms with Gasteiger partial charge in [-0.3, -0.25) is 4.79 Å². The summed E-state index contributed by atoms with van der Waals surface area (Å²) in [7, 11) is 1.86. The van der Waals surface area contributed by atoms with E-state index in [0.717, 1.165) is 12.8 Å². The normalized spacial score (nSPS) is 14.9. The van der Waals surface area contributed by atoms with Gasteiger partial charge in [-0.05, 0) is 19.8 Å². The quantitative estimate of drug-likeness (QED) is 0.713. The molecule has 2 rings (SSSR count). The fourth-order valence-electron chi connectivity index (χ4n) is 1.62. The molecule has 1 N–H and O–H groups in total. The Kier molecular flexibility index (Phi) is 3.73. The predicted molar refractivity (Wildman–Crippen MR) is 61.4 cm³/mol. The van der Waals surface area contributed by atoms with Crippen molar-refractivity contribution >= 4 is 5.91 Å². The van der Waals surface area contributed by atoms with Crippen LogP contribution in [0.3, 0.4) is 0 Å². The molecule has 94 valence electrons. The van der Waals surface area contributed by atoms with Crippen molar-refractivity contribution in [2.45, 2.75) is 32.2 Å². The van der Waals surface area contributed by atoms with Gasteiger partial charge in [0.25, 0.3) is 0 Å². The zero-order chi connectivity index (χ0) is 12.3. The minimum absolute atomic E-state index is 0.147. The third-order valence-corrected chi connectivity index (χ3v) is 2.85. The Bertz CT molecular complexity index is 387. The number of nitrogens with zero attached hydrogens (tertiary/aromatic N) is 3. The second-order valence-corrected chi connectivity index (χ2v) is 4.40. The third kappa shape index (κ3) is 3.52. The zero-order valence-electron chi connectivity index (χ0n) is 10.3. The van der Waals surface area contributed by atoms with E-state index in [9.17, 15) is 4.79 Å². The number of hydrogen-bond acceptors (Lipinski definition) is 5. The number of aryl methyl sites for hydroxylation is 1. The Balaban J connectivity index is 1.61. The molecule has 1 amide bonds. The van der Waals surface area contributed by atoms with Crippen molar-refractivity contribution in [3.8, 4) is 0 Å². The first kappa shape index (κ1) is 12.0. The standard InChI is InChI=1S/C11H18N4O2/c1-8-13-10(17-14-8)5-6-12-7-11(16)15(2)9-3-4-9/h9,12H,3-7H2,1-2H3. The Morgan fingerprint density at radius 1 is 1.59 bits per heavy atom. The number of nitrogens with one attached hydrogen (secondary N) is 1. The summed E-state index contributed by atoms with van der Waals surface area (Å²) in [6.07, 6.45) is 2.94. The van der Waals surface area contributed by atoms with Gasteiger partial charge < -0.3 is 14.7 Å². The highest BCUT2D eigenvalue weighted by Crippen LogP contribution is 2.24. The molecule has 0 bridgehead atoms. The summed E-state index contributed by atoms with van der Waals surface area (Å²) < 4.78 is 4.97. The number of likely N-dealkylation sites (N-methyl/N-ethyl adjacent to an activating group) is 1. The molecule has 1 heterocycles. The van der Waals surface area contributed by atoms with Gasteiger partial charge >= 0.3 is 0 Å². The van der Waals surface area contributed by atoms with Gasteiger partial charge in [-0.25, -0.2) is 0 Å². The average Bonchev–Trinajstić information content (AvgIpc) is 3.07. The maximum absolute atomic E-state index is 11.7. The van der Waals surface area contributed by atoms with Gasteiger partial charge in [-0.1, -0.05) is 5.16 Å². The van der Waals surface area contributed by atoms with Gasteiger partial charge in [0, 0.05) is 26.1 Å². The lowest BCUT2D eigenvalue weighted by Crippen LogP contribution is -2.37. The monoisotopic (exact) mass is 238 g/mol. The summed E-state index contributed by atoms with van der Waals surface area (Å²) >= 11 is 0. The van der Waals surface area contributed by atoms with E-state index >= 15 is 0 Å². The lowest BCUT2D eigenvalue weighted by Gasteiger charge is -2.16. The SMILES string of the molecule is Cc1noc(CCNCC(=O)N(C)C2CC2)n1. The lowest BCUT2D eigenvalue weighted by molar-refractivity contribution is -0.129. The molecular weight excluding hydrogens is 220 g/mol. The van der Waals surface area contributed by atoms with Crippen LogP contribution in [0.15, 0.2) is 4.52 Å². The number of hydrogen-bond donors (Lipinski definition) is 1. The number of aromatic nitrogens is 2. The zero-order valence-corrected chi connectivity index (χ0v) is 10.3. The van der Waals surface area contributed by atoms with E-state index in [4.69, 9.17) is 4.52 Å². The Hall–Kier alpha value is -1.43. The van der Waals surface area contributed by atoms with E-state index in [1.165, 1.54) is 0 Å². The average molecular weight is 238 g/mol. The molecule has 1 aliphatic carbocycles. The van der Waals surface area contributed by atoms with Gasteiger partial charge in [-0.15, -0.1) is 0 Å². The molecule has 0 unspecified atom stereocenters.